The van der Waals surface area contributed by atoms with Crippen molar-refractivity contribution in [2.45, 2.75) is 33.3 Å². The van der Waals surface area contributed by atoms with Crippen LogP contribution in [-0.4, -0.2) is 31.6 Å². The van der Waals surface area contributed by atoms with Gasteiger partial charge in [0.1, 0.15) is 5.75 Å². The van der Waals surface area contributed by atoms with Gasteiger partial charge in [0, 0.05) is 13.1 Å². The van der Waals surface area contributed by atoms with Crippen LogP contribution >= 0.6 is 0 Å². The first-order valence-electron chi connectivity index (χ1n) is 6.96. The van der Waals surface area contributed by atoms with Crippen molar-refractivity contribution in [3.05, 3.63) is 23.8 Å². The zero-order valence-electron chi connectivity index (χ0n) is 11.9. The van der Waals surface area contributed by atoms with E-state index in [9.17, 15) is 4.79 Å². The first-order valence-corrected chi connectivity index (χ1v) is 6.96. The number of nitrogens with zero attached hydrogens (tertiary/aromatic N) is 1. The second-order valence-electron chi connectivity index (χ2n) is 4.86. The fourth-order valence-corrected chi connectivity index (χ4v) is 2.40. The number of aryl methyl sites for hydroxylation is 1. The predicted octanol–water partition coefficient (Wildman–Crippen LogP) is 2.11. The Morgan fingerprint density at radius 2 is 2.26 bits per heavy atom. The van der Waals surface area contributed by atoms with E-state index in [1.165, 1.54) is 5.56 Å². The topological polar surface area (TPSA) is 41.6 Å². The summed E-state index contributed by atoms with van der Waals surface area (Å²) in [5, 5.41) is 2.90. The standard InChI is InChI=1S/C15H22N2O2/c1-4-9-16-15(18)13-10-17(5-2)14-11(3)7-6-8-12(14)19-13/h6-8,13H,4-5,9-10H2,1-3H3,(H,16,18). The number of amides is 1. The maximum atomic E-state index is 12.1. The normalized spacial score (nSPS) is 17.6. The van der Waals surface area contributed by atoms with E-state index < -0.39 is 6.10 Å². The van der Waals surface area contributed by atoms with Gasteiger partial charge in [0.05, 0.1) is 12.2 Å². The summed E-state index contributed by atoms with van der Waals surface area (Å²) in [6.07, 6.45) is 0.520. The van der Waals surface area contributed by atoms with Crippen molar-refractivity contribution < 1.29 is 9.53 Å². The van der Waals surface area contributed by atoms with Crippen molar-refractivity contribution in [1.29, 1.82) is 0 Å². The highest BCUT2D eigenvalue weighted by atomic mass is 16.5. The van der Waals surface area contributed by atoms with Crippen molar-refractivity contribution in [1.82, 2.24) is 5.32 Å². The Morgan fingerprint density at radius 1 is 1.47 bits per heavy atom. The summed E-state index contributed by atoms with van der Waals surface area (Å²) in [6, 6.07) is 5.97. The summed E-state index contributed by atoms with van der Waals surface area (Å²) in [5.74, 6) is 0.789. The third-order valence-corrected chi connectivity index (χ3v) is 3.40. The lowest BCUT2D eigenvalue weighted by atomic mass is 10.1. The molecule has 1 amide bonds. The van der Waals surface area contributed by atoms with Crippen LogP contribution in [0.4, 0.5) is 5.69 Å². The van der Waals surface area contributed by atoms with Gasteiger partial charge in [-0.25, -0.2) is 0 Å². The van der Waals surface area contributed by atoms with Gasteiger partial charge in [0.2, 0.25) is 0 Å². The maximum Gasteiger partial charge on any atom is 0.262 e. The highest BCUT2D eigenvalue weighted by Gasteiger charge is 2.30. The molecule has 2 rings (SSSR count). The van der Waals surface area contributed by atoms with Gasteiger partial charge in [-0.2, -0.15) is 0 Å². The molecule has 0 bridgehead atoms. The number of likely N-dealkylation sites (N-methyl/N-ethyl adjacent to an activating group) is 1. The minimum Gasteiger partial charge on any atom is -0.477 e. The Bertz CT molecular complexity index is 459. The number of ether oxygens (including phenoxy) is 1. The van der Waals surface area contributed by atoms with Crippen molar-refractivity contribution in [2.75, 3.05) is 24.5 Å². The van der Waals surface area contributed by atoms with E-state index in [1.54, 1.807) is 0 Å². The van der Waals surface area contributed by atoms with Crippen molar-refractivity contribution in [3.63, 3.8) is 0 Å². The largest absolute Gasteiger partial charge is 0.477 e. The smallest absolute Gasteiger partial charge is 0.262 e. The number of anilines is 1. The highest BCUT2D eigenvalue weighted by molar-refractivity contribution is 5.83. The van der Waals surface area contributed by atoms with Gasteiger partial charge < -0.3 is 15.0 Å². The molecule has 1 atom stereocenters. The Morgan fingerprint density at radius 3 is 2.95 bits per heavy atom. The van der Waals surface area contributed by atoms with Gasteiger partial charge in [-0.1, -0.05) is 19.1 Å². The second-order valence-corrected chi connectivity index (χ2v) is 4.86. The molecular formula is C15H22N2O2. The molecule has 0 saturated heterocycles. The van der Waals surface area contributed by atoms with Gasteiger partial charge in [-0.05, 0) is 31.9 Å². The summed E-state index contributed by atoms with van der Waals surface area (Å²) in [7, 11) is 0. The van der Waals surface area contributed by atoms with Crippen LogP contribution in [0, 0.1) is 6.92 Å². The summed E-state index contributed by atoms with van der Waals surface area (Å²) >= 11 is 0. The van der Waals surface area contributed by atoms with E-state index in [-0.39, 0.29) is 5.91 Å². The molecule has 1 N–H and O–H groups in total. The van der Waals surface area contributed by atoms with Crippen molar-refractivity contribution in [2.24, 2.45) is 0 Å². The molecule has 0 aromatic heterocycles. The molecule has 0 spiro atoms. The first kappa shape index (κ1) is 13.7. The Balaban J connectivity index is 2.20. The third kappa shape index (κ3) is 2.83. The monoisotopic (exact) mass is 262 g/mol. The Labute approximate surface area is 114 Å². The number of nitrogens with one attached hydrogen (secondary N) is 1. The van der Waals surface area contributed by atoms with E-state index >= 15 is 0 Å². The van der Waals surface area contributed by atoms with E-state index in [4.69, 9.17) is 4.74 Å². The van der Waals surface area contributed by atoms with Crippen LogP contribution in [0.25, 0.3) is 0 Å². The quantitative estimate of drug-likeness (QED) is 0.903. The second kappa shape index (κ2) is 5.95. The number of benzene rings is 1. The van der Waals surface area contributed by atoms with Gasteiger partial charge in [0.25, 0.3) is 5.91 Å². The number of carbonyl (C=O) groups excluding carboxylic acids is 1. The Hall–Kier alpha value is -1.71. The van der Waals surface area contributed by atoms with Crippen LogP contribution in [0.2, 0.25) is 0 Å². The molecular weight excluding hydrogens is 240 g/mol. The average Bonchev–Trinajstić information content (AvgIpc) is 2.43. The number of rotatable bonds is 4. The number of fused-ring (bicyclic) bond motifs is 1. The van der Waals surface area contributed by atoms with Gasteiger partial charge in [-0.3, -0.25) is 4.79 Å². The molecule has 0 aliphatic carbocycles. The Kier molecular flexibility index (Phi) is 4.30. The van der Waals surface area contributed by atoms with Crippen LogP contribution in [-0.2, 0) is 4.79 Å². The molecule has 19 heavy (non-hydrogen) atoms. The van der Waals surface area contributed by atoms with Crippen LogP contribution < -0.4 is 15.0 Å². The molecule has 4 nitrogen and oxygen atoms in total. The minimum absolute atomic E-state index is 0.0209. The van der Waals surface area contributed by atoms with E-state index in [2.05, 4.69) is 30.1 Å². The van der Waals surface area contributed by atoms with Crippen LogP contribution in [0.3, 0.4) is 0 Å². The molecule has 0 saturated carbocycles. The number of hydrogen-bond donors (Lipinski definition) is 1. The van der Waals surface area contributed by atoms with E-state index in [1.807, 2.05) is 19.1 Å². The molecule has 1 unspecified atom stereocenters. The van der Waals surface area contributed by atoms with E-state index in [0.717, 1.165) is 24.4 Å². The number of para-hydroxylation sites is 1. The van der Waals surface area contributed by atoms with E-state index in [0.29, 0.717) is 13.1 Å². The fraction of sp³-hybridized carbons (Fsp3) is 0.533. The lowest BCUT2D eigenvalue weighted by molar-refractivity contribution is -0.127. The fourth-order valence-electron chi connectivity index (χ4n) is 2.40. The predicted molar refractivity (Wildman–Crippen MR) is 76.8 cm³/mol. The summed E-state index contributed by atoms with van der Waals surface area (Å²) in [5.41, 5.74) is 2.30. The van der Waals surface area contributed by atoms with Crippen molar-refractivity contribution >= 4 is 11.6 Å². The first-order chi connectivity index (χ1) is 9.17. The molecule has 1 aliphatic heterocycles. The summed E-state index contributed by atoms with van der Waals surface area (Å²) in [4.78, 5) is 14.3. The van der Waals surface area contributed by atoms with Crippen LogP contribution in [0.5, 0.6) is 5.75 Å². The molecule has 104 valence electrons. The minimum atomic E-state index is -0.416. The molecule has 1 aromatic rings. The average molecular weight is 262 g/mol. The summed E-state index contributed by atoms with van der Waals surface area (Å²) in [6.45, 7) is 8.40. The van der Waals surface area contributed by atoms with Gasteiger partial charge in [0.15, 0.2) is 6.10 Å². The lowest BCUT2D eigenvalue weighted by Crippen LogP contribution is -2.49. The number of carbonyl (C=O) groups is 1. The zero-order valence-corrected chi connectivity index (χ0v) is 11.9. The molecule has 1 heterocycles. The van der Waals surface area contributed by atoms with Crippen molar-refractivity contribution in [3.8, 4) is 5.75 Å². The molecule has 1 aliphatic rings. The SMILES string of the molecule is CCCNC(=O)C1CN(CC)c2c(C)cccc2O1. The summed E-state index contributed by atoms with van der Waals surface area (Å²) < 4.78 is 5.85. The van der Waals surface area contributed by atoms with Gasteiger partial charge in [-0.15, -0.1) is 0 Å². The molecule has 0 radical (unpaired) electrons. The highest BCUT2D eigenvalue weighted by Crippen LogP contribution is 2.35. The lowest BCUT2D eigenvalue weighted by Gasteiger charge is -2.36. The maximum absolute atomic E-state index is 12.1. The molecule has 0 fully saturated rings. The third-order valence-electron chi connectivity index (χ3n) is 3.40. The number of hydrogen-bond acceptors (Lipinski definition) is 3. The zero-order chi connectivity index (χ0) is 13.8. The molecule has 4 heteroatoms. The van der Waals surface area contributed by atoms with Crippen LogP contribution in [0.15, 0.2) is 18.2 Å². The van der Waals surface area contributed by atoms with Crippen LogP contribution in [0.1, 0.15) is 25.8 Å². The molecule has 1 aromatic carbocycles. The van der Waals surface area contributed by atoms with Gasteiger partial charge >= 0.3 is 0 Å².